The maximum Gasteiger partial charge on any atom is 0.673 e. The van der Waals surface area contributed by atoms with Crippen molar-refractivity contribution in [2.24, 2.45) is 0 Å². The summed E-state index contributed by atoms with van der Waals surface area (Å²) in [4.78, 5) is 2.99. The largest absolute Gasteiger partial charge is 0.673 e. The standard InChI is InChI=1S/C10H5F2N4O2.BF4/c11-10(12)17-7-3-1-2-5(9(7)18-10)8-6(15-13)4-14-16-8;2-1(3,4)5/h1-4H,(H,14,16);/q+1;-1. The number of diazo groups is 1. The third kappa shape index (κ3) is 4.06. The molecule has 0 saturated carbocycles. The summed E-state index contributed by atoms with van der Waals surface area (Å²) in [6, 6.07) is 4.39. The topological polar surface area (TPSA) is 75.3 Å². The van der Waals surface area contributed by atoms with E-state index in [-0.39, 0.29) is 28.4 Å². The Hall–Kier alpha value is -2.91. The zero-order chi connectivity index (χ0) is 17.3. The molecule has 23 heavy (non-hydrogen) atoms. The highest BCUT2D eigenvalue weighted by Crippen LogP contribution is 2.47. The number of alkyl halides is 2. The number of ether oxygens (including phenoxy) is 2. The lowest BCUT2D eigenvalue weighted by molar-refractivity contribution is -0.286. The molecular formula is C10H5BF6N4O2. The van der Waals surface area contributed by atoms with Crippen LogP contribution in [-0.4, -0.2) is 23.7 Å². The molecule has 0 fully saturated rings. The van der Waals surface area contributed by atoms with E-state index < -0.39 is 13.5 Å². The Labute approximate surface area is 123 Å². The van der Waals surface area contributed by atoms with Crippen molar-refractivity contribution in [3.05, 3.63) is 29.4 Å². The Morgan fingerprint density at radius 2 is 1.83 bits per heavy atom. The molecule has 1 N–H and O–H groups in total. The lowest BCUT2D eigenvalue weighted by Gasteiger charge is -2.05. The van der Waals surface area contributed by atoms with E-state index in [1.807, 2.05) is 0 Å². The number of para-hydroxylation sites is 1. The van der Waals surface area contributed by atoms with Gasteiger partial charge in [-0.15, -0.1) is 8.78 Å². The fourth-order valence-corrected chi connectivity index (χ4v) is 1.72. The van der Waals surface area contributed by atoms with Crippen molar-refractivity contribution in [3.8, 4) is 22.8 Å². The number of hydrogen-bond donors (Lipinski definition) is 1. The summed E-state index contributed by atoms with van der Waals surface area (Å²) in [6.45, 7) is 0. The number of H-pyrrole nitrogens is 1. The highest BCUT2D eigenvalue weighted by molar-refractivity contribution is 6.50. The predicted molar refractivity (Wildman–Crippen MR) is 65.2 cm³/mol. The minimum atomic E-state index is -6.00. The number of fused-ring (bicyclic) bond motifs is 1. The molecule has 1 aromatic heterocycles. The van der Waals surface area contributed by atoms with Gasteiger partial charge in [-0.25, -0.2) is 0 Å². The number of hydrogen-bond acceptors (Lipinski definition) is 4. The van der Waals surface area contributed by atoms with Crippen LogP contribution in [0.1, 0.15) is 0 Å². The summed E-state index contributed by atoms with van der Waals surface area (Å²) >= 11 is 0. The molecule has 0 unspecified atom stereocenters. The zero-order valence-electron chi connectivity index (χ0n) is 10.8. The van der Waals surface area contributed by atoms with E-state index in [9.17, 15) is 26.0 Å². The van der Waals surface area contributed by atoms with Gasteiger partial charge >= 0.3 is 19.2 Å². The smallest absolute Gasteiger partial charge is 0.418 e. The molecular weight excluding hydrogens is 333 g/mol. The quantitative estimate of drug-likeness (QED) is 0.481. The van der Waals surface area contributed by atoms with Crippen LogP contribution in [0.15, 0.2) is 24.4 Å². The Balaban J connectivity index is 0.000000338. The summed E-state index contributed by atoms with van der Waals surface area (Å²) < 4.78 is 73.7. The molecule has 0 atom stereocenters. The average molecular weight is 338 g/mol. The highest BCUT2D eigenvalue weighted by atomic mass is 19.5. The van der Waals surface area contributed by atoms with Gasteiger partial charge in [-0.3, -0.25) is 5.10 Å². The third-order valence-corrected chi connectivity index (χ3v) is 2.42. The van der Waals surface area contributed by atoms with Crippen molar-refractivity contribution >= 4 is 12.9 Å². The van der Waals surface area contributed by atoms with Gasteiger partial charge in [0.05, 0.1) is 5.56 Å². The summed E-state index contributed by atoms with van der Waals surface area (Å²) in [5.41, 5.74) is 0.646. The summed E-state index contributed by atoms with van der Waals surface area (Å²) in [5, 5.41) is 15.0. The normalized spacial score (nSPS) is 14.7. The Morgan fingerprint density at radius 1 is 1.17 bits per heavy atom. The average Bonchev–Trinajstić information content (AvgIpc) is 2.97. The lowest BCUT2D eigenvalue weighted by Crippen LogP contribution is -2.26. The Bertz CT molecular complexity index is 751. The van der Waals surface area contributed by atoms with Gasteiger partial charge in [0.25, 0.3) is 0 Å². The van der Waals surface area contributed by atoms with E-state index in [2.05, 4.69) is 24.6 Å². The van der Waals surface area contributed by atoms with Crippen LogP contribution in [-0.2, 0) is 0 Å². The second kappa shape index (κ2) is 5.71. The van der Waals surface area contributed by atoms with Crippen molar-refractivity contribution in [1.29, 1.82) is 5.39 Å². The first-order chi connectivity index (χ1) is 10.6. The van der Waals surface area contributed by atoms with Crippen LogP contribution < -0.4 is 9.47 Å². The number of rotatable bonds is 1. The molecule has 0 amide bonds. The van der Waals surface area contributed by atoms with Gasteiger partial charge in [-0.1, -0.05) is 6.07 Å². The van der Waals surface area contributed by atoms with E-state index >= 15 is 0 Å². The van der Waals surface area contributed by atoms with Crippen molar-refractivity contribution in [2.75, 3.05) is 0 Å². The van der Waals surface area contributed by atoms with Crippen LogP contribution in [0.3, 0.4) is 0 Å². The molecule has 1 aromatic carbocycles. The van der Waals surface area contributed by atoms with E-state index in [0.717, 1.165) is 0 Å². The molecule has 0 spiro atoms. The van der Waals surface area contributed by atoms with Crippen LogP contribution in [0.25, 0.3) is 16.2 Å². The van der Waals surface area contributed by atoms with Crippen molar-refractivity contribution in [1.82, 2.24) is 10.2 Å². The molecule has 6 nitrogen and oxygen atoms in total. The highest BCUT2D eigenvalue weighted by Gasteiger charge is 2.45. The monoisotopic (exact) mass is 338 g/mol. The maximum absolute atomic E-state index is 13.0. The lowest BCUT2D eigenvalue weighted by atomic mass is 10.1. The first-order valence-electron chi connectivity index (χ1n) is 5.76. The third-order valence-electron chi connectivity index (χ3n) is 2.42. The minimum absolute atomic E-state index is 0.0870. The molecule has 0 aliphatic carbocycles. The van der Waals surface area contributed by atoms with E-state index in [4.69, 9.17) is 5.39 Å². The second-order valence-corrected chi connectivity index (χ2v) is 4.03. The molecule has 13 heteroatoms. The molecule has 0 saturated heterocycles. The molecule has 122 valence electrons. The molecule has 1 aliphatic heterocycles. The van der Waals surface area contributed by atoms with Gasteiger partial charge in [0.1, 0.15) is 6.20 Å². The number of benzene rings is 1. The summed E-state index contributed by atoms with van der Waals surface area (Å²) in [5.74, 6) is -0.215. The molecule has 3 rings (SSSR count). The van der Waals surface area contributed by atoms with Crippen LogP contribution in [0.2, 0.25) is 0 Å². The molecule has 0 radical (unpaired) electrons. The van der Waals surface area contributed by atoms with E-state index in [1.54, 1.807) is 0 Å². The summed E-state index contributed by atoms with van der Waals surface area (Å²) in [7, 11) is -6.00. The van der Waals surface area contributed by atoms with Gasteiger partial charge in [0.2, 0.25) is 5.39 Å². The molecule has 1 aliphatic rings. The van der Waals surface area contributed by atoms with Crippen LogP contribution in [0.5, 0.6) is 11.5 Å². The number of nitrogens with one attached hydrogen (secondary N) is 1. The SMILES string of the molecule is F[B-](F)(F)F.N#[N+]c1cn[nH]c1-c1cccc2c1OC(F)(F)O2. The first-order valence-corrected chi connectivity index (χ1v) is 5.76. The Kier molecular flexibility index (Phi) is 4.09. The molecule has 2 aromatic rings. The fraction of sp³-hybridized carbons (Fsp3) is 0.100. The molecule has 0 bridgehead atoms. The Morgan fingerprint density at radius 3 is 2.43 bits per heavy atom. The number of halogens is 6. The summed E-state index contributed by atoms with van der Waals surface area (Å²) in [6.07, 6.45) is -2.45. The van der Waals surface area contributed by atoms with Crippen molar-refractivity contribution in [2.45, 2.75) is 6.29 Å². The van der Waals surface area contributed by atoms with Gasteiger partial charge < -0.3 is 26.7 Å². The van der Waals surface area contributed by atoms with Crippen LogP contribution in [0.4, 0.5) is 31.7 Å². The van der Waals surface area contributed by atoms with Gasteiger partial charge in [0, 0.05) is 0 Å². The second-order valence-electron chi connectivity index (χ2n) is 4.03. The molecule has 2 heterocycles. The van der Waals surface area contributed by atoms with E-state index in [1.165, 1.54) is 24.4 Å². The predicted octanol–water partition coefficient (Wildman–Crippen LogP) is 4.18. The van der Waals surface area contributed by atoms with Crippen molar-refractivity contribution in [3.63, 3.8) is 0 Å². The maximum atomic E-state index is 13.0. The number of aromatic amines is 1. The minimum Gasteiger partial charge on any atom is -0.418 e. The first kappa shape index (κ1) is 16.5. The van der Waals surface area contributed by atoms with Gasteiger partial charge in [-0.05, 0) is 12.1 Å². The number of nitrogens with zero attached hydrogens (tertiary/aromatic N) is 3. The van der Waals surface area contributed by atoms with E-state index in [0.29, 0.717) is 0 Å². The zero-order valence-corrected chi connectivity index (χ0v) is 10.8. The van der Waals surface area contributed by atoms with Crippen LogP contribution in [0, 0.1) is 5.39 Å². The van der Waals surface area contributed by atoms with Gasteiger partial charge in [0.15, 0.2) is 22.2 Å². The van der Waals surface area contributed by atoms with Crippen molar-refractivity contribution < 1.29 is 35.5 Å². The van der Waals surface area contributed by atoms with Gasteiger partial charge in [-0.2, -0.15) is 5.10 Å². The number of aromatic nitrogens is 2. The van der Waals surface area contributed by atoms with Crippen LogP contribution >= 0.6 is 0 Å². The fourth-order valence-electron chi connectivity index (χ4n) is 1.72.